The van der Waals surface area contributed by atoms with Gasteiger partial charge in [-0.15, -0.1) is 28.1 Å². The minimum absolute atomic E-state index is 0.109. The molecule has 0 atom stereocenters. The normalized spacial score (nSPS) is 10.8. The molecule has 3 rings (SSSR count). The summed E-state index contributed by atoms with van der Waals surface area (Å²) < 4.78 is 2.03. The second-order valence-electron chi connectivity index (χ2n) is 6.14. The van der Waals surface area contributed by atoms with Crippen LogP contribution < -0.4 is 5.32 Å². The van der Waals surface area contributed by atoms with E-state index in [0.29, 0.717) is 11.7 Å². The molecule has 0 saturated carbocycles. The van der Waals surface area contributed by atoms with Gasteiger partial charge in [0.25, 0.3) is 0 Å². The Balaban J connectivity index is 1.58. The zero-order valence-corrected chi connectivity index (χ0v) is 17.4. The fourth-order valence-electron chi connectivity index (χ4n) is 2.62. The first kappa shape index (κ1) is 20.3. The molecule has 0 fully saturated rings. The average Bonchev–Trinajstić information content (AvgIpc) is 3.33. The van der Waals surface area contributed by atoms with Crippen molar-refractivity contribution in [3.63, 3.8) is 0 Å². The van der Waals surface area contributed by atoms with Crippen molar-refractivity contribution in [3.8, 4) is 11.3 Å². The summed E-state index contributed by atoms with van der Waals surface area (Å²) in [5.41, 5.74) is 1.89. The lowest BCUT2D eigenvalue weighted by Crippen LogP contribution is -2.14. The van der Waals surface area contributed by atoms with Crippen molar-refractivity contribution in [1.82, 2.24) is 19.7 Å². The number of anilines is 1. The van der Waals surface area contributed by atoms with Crippen molar-refractivity contribution < 1.29 is 4.79 Å². The van der Waals surface area contributed by atoms with Gasteiger partial charge in [-0.1, -0.05) is 61.5 Å². The molecule has 146 valence electrons. The van der Waals surface area contributed by atoms with Crippen LogP contribution in [0.5, 0.6) is 0 Å². The van der Waals surface area contributed by atoms with Crippen LogP contribution >= 0.6 is 23.1 Å². The van der Waals surface area contributed by atoms with Crippen LogP contribution in [0.25, 0.3) is 11.3 Å². The number of nitrogens with one attached hydrogen (secondary N) is 1. The highest BCUT2D eigenvalue weighted by atomic mass is 32.2. The second-order valence-corrected chi connectivity index (χ2v) is 7.94. The van der Waals surface area contributed by atoms with Gasteiger partial charge in [-0.25, -0.2) is 4.98 Å². The predicted octanol–water partition coefficient (Wildman–Crippen LogP) is 4.66. The summed E-state index contributed by atoms with van der Waals surface area (Å²) in [5.74, 6) is 1.09. The number of carbonyl (C=O) groups excluding carboxylic acids is 1. The Labute approximate surface area is 173 Å². The standard InChI is InChI=1S/C20H23N5OS2/c1-3-5-11-17-23-24-20(25(17)12-4-2)28-14-18(26)22-19-21-16(13-27-19)15-9-7-6-8-10-15/h4,6-10,13H,2-3,5,11-12,14H2,1H3,(H,21,22,26). The molecular weight excluding hydrogens is 390 g/mol. The van der Waals surface area contributed by atoms with Crippen LogP contribution in [-0.4, -0.2) is 31.4 Å². The van der Waals surface area contributed by atoms with Gasteiger partial charge >= 0.3 is 0 Å². The Morgan fingerprint density at radius 2 is 2.14 bits per heavy atom. The summed E-state index contributed by atoms with van der Waals surface area (Å²) >= 11 is 2.80. The number of allylic oxidation sites excluding steroid dienone is 1. The molecule has 2 aromatic heterocycles. The number of amides is 1. The summed E-state index contributed by atoms with van der Waals surface area (Å²) in [4.78, 5) is 16.8. The number of aromatic nitrogens is 4. The molecule has 1 amide bonds. The van der Waals surface area contributed by atoms with Gasteiger partial charge in [0.1, 0.15) is 5.82 Å². The highest BCUT2D eigenvalue weighted by molar-refractivity contribution is 7.99. The Kier molecular flexibility index (Phi) is 7.39. The smallest absolute Gasteiger partial charge is 0.236 e. The molecule has 6 nitrogen and oxygen atoms in total. The molecular formula is C20H23N5OS2. The lowest BCUT2D eigenvalue weighted by atomic mass is 10.2. The molecule has 0 aliphatic rings. The SMILES string of the molecule is C=CCn1c(CCCC)nnc1SCC(=O)Nc1nc(-c2ccccc2)cs1. The van der Waals surface area contributed by atoms with Gasteiger partial charge in [-0.05, 0) is 6.42 Å². The van der Waals surface area contributed by atoms with Crippen molar-refractivity contribution in [2.24, 2.45) is 0 Å². The van der Waals surface area contributed by atoms with Crippen molar-refractivity contribution >= 4 is 34.1 Å². The van der Waals surface area contributed by atoms with E-state index in [1.165, 1.54) is 23.1 Å². The van der Waals surface area contributed by atoms with Crippen LogP contribution in [0.1, 0.15) is 25.6 Å². The van der Waals surface area contributed by atoms with Gasteiger partial charge < -0.3 is 9.88 Å². The lowest BCUT2D eigenvalue weighted by Gasteiger charge is -2.07. The molecule has 0 unspecified atom stereocenters. The molecule has 1 aromatic carbocycles. The largest absolute Gasteiger partial charge is 0.302 e. The fraction of sp³-hybridized carbons (Fsp3) is 0.300. The highest BCUT2D eigenvalue weighted by Crippen LogP contribution is 2.25. The summed E-state index contributed by atoms with van der Waals surface area (Å²) in [5, 5.41) is 14.7. The maximum Gasteiger partial charge on any atom is 0.236 e. The number of hydrogen-bond donors (Lipinski definition) is 1. The van der Waals surface area contributed by atoms with E-state index >= 15 is 0 Å². The topological polar surface area (TPSA) is 72.7 Å². The van der Waals surface area contributed by atoms with Crippen LogP contribution in [0.2, 0.25) is 0 Å². The van der Waals surface area contributed by atoms with E-state index in [9.17, 15) is 4.79 Å². The molecule has 28 heavy (non-hydrogen) atoms. The lowest BCUT2D eigenvalue weighted by molar-refractivity contribution is -0.113. The second kappa shape index (κ2) is 10.2. The van der Waals surface area contributed by atoms with Crippen LogP contribution in [0.3, 0.4) is 0 Å². The fourth-order valence-corrected chi connectivity index (χ4v) is 4.12. The number of aryl methyl sites for hydroxylation is 1. The third kappa shape index (κ3) is 5.30. The molecule has 0 saturated heterocycles. The summed E-state index contributed by atoms with van der Waals surface area (Å²) in [7, 11) is 0. The molecule has 0 aliphatic heterocycles. The third-order valence-corrected chi connectivity index (χ3v) is 5.74. The monoisotopic (exact) mass is 413 g/mol. The zero-order valence-electron chi connectivity index (χ0n) is 15.8. The Morgan fingerprint density at radius 1 is 1.32 bits per heavy atom. The Morgan fingerprint density at radius 3 is 2.89 bits per heavy atom. The molecule has 2 heterocycles. The maximum atomic E-state index is 12.3. The van der Waals surface area contributed by atoms with Crippen LogP contribution in [-0.2, 0) is 17.8 Å². The van der Waals surface area contributed by atoms with Crippen molar-refractivity contribution in [1.29, 1.82) is 0 Å². The van der Waals surface area contributed by atoms with Crippen LogP contribution in [0.4, 0.5) is 5.13 Å². The number of rotatable bonds is 10. The Bertz CT molecular complexity index is 920. The zero-order chi connectivity index (χ0) is 19.8. The highest BCUT2D eigenvalue weighted by Gasteiger charge is 2.14. The van der Waals surface area contributed by atoms with Gasteiger partial charge in [0.05, 0.1) is 11.4 Å². The Hall–Kier alpha value is -2.45. The first-order valence-corrected chi connectivity index (χ1v) is 11.0. The van der Waals surface area contributed by atoms with E-state index in [-0.39, 0.29) is 11.7 Å². The molecule has 3 aromatic rings. The van der Waals surface area contributed by atoms with Gasteiger partial charge in [0.15, 0.2) is 10.3 Å². The van der Waals surface area contributed by atoms with E-state index in [1.54, 1.807) is 0 Å². The average molecular weight is 414 g/mol. The number of hydrogen-bond acceptors (Lipinski definition) is 6. The first-order valence-electron chi connectivity index (χ1n) is 9.17. The first-order chi connectivity index (χ1) is 13.7. The van der Waals surface area contributed by atoms with E-state index in [2.05, 4.69) is 34.0 Å². The molecule has 0 bridgehead atoms. The number of thiazole rings is 1. The van der Waals surface area contributed by atoms with E-state index in [0.717, 1.165) is 41.5 Å². The van der Waals surface area contributed by atoms with Gasteiger partial charge in [0, 0.05) is 23.9 Å². The minimum atomic E-state index is -0.109. The van der Waals surface area contributed by atoms with Crippen LogP contribution in [0.15, 0.2) is 53.5 Å². The summed E-state index contributed by atoms with van der Waals surface area (Å²) in [6.07, 6.45) is 4.87. The van der Waals surface area contributed by atoms with Gasteiger partial charge in [-0.3, -0.25) is 4.79 Å². The van der Waals surface area contributed by atoms with Crippen molar-refractivity contribution in [2.45, 2.75) is 37.9 Å². The van der Waals surface area contributed by atoms with Gasteiger partial charge in [-0.2, -0.15) is 0 Å². The third-order valence-electron chi connectivity index (χ3n) is 4.01. The van der Waals surface area contributed by atoms with Gasteiger partial charge in [0.2, 0.25) is 5.91 Å². The van der Waals surface area contributed by atoms with E-state index < -0.39 is 0 Å². The number of unbranched alkanes of at least 4 members (excludes halogenated alkanes) is 1. The summed E-state index contributed by atoms with van der Waals surface area (Å²) in [6, 6.07) is 9.90. The van der Waals surface area contributed by atoms with Crippen molar-refractivity contribution in [3.05, 3.63) is 54.2 Å². The number of benzene rings is 1. The number of thioether (sulfide) groups is 1. The molecule has 8 heteroatoms. The summed E-state index contributed by atoms with van der Waals surface area (Å²) in [6.45, 7) is 6.60. The number of carbonyl (C=O) groups is 1. The minimum Gasteiger partial charge on any atom is -0.302 e. The molecule has 0 spiro atoms. The quantitative estimate of drug-likeness (QED) is 0.386. The molecule has 0 radical (unpaired) electrons. The van der Waals surface area contributed by atoms with Crippen LogP contribution in [0, 0.1) is 0 Å². The van der Waals surface area contributed by atoms with Crippen molar-refractivity contribution in [2.75, 3.05) is 11.1 Å². The number of nitrogens with zero attached hydrogens (tertiary/aromatic N) is 4. The van der Waals surface area contributed by atoms with E-state index in [1.807, 2.05) is 46.4 Å². The maximum absolute atomic E-state index is 12.3. The van der Waals surface area contributed by atoms with E-state index in [4.69, 9.17) is 0 Å². The predicted molar refractivity (Wildman–Crippen MR) is 116 cm³/mol. The molecule has 1 N–H and O–H groups in total. The molecule has 0 aliphatic carbocycles.